The number of aryl methyl sites for hydroxylation is 1. The summed E-state index contributed by atoms with van der Waals surface area (Å²) >= 11 is 0. The maximum absolute atomic E-state index is 12.6. The summed E-state index contributed by atoms with van der Waals surface area (Å²) < 4.78 is 0. The molecule has 0 saturated carbocycles. The molecule has 2 aliphatic rings. The van der Waals surface area contributed by atoms with E-state index in [0.29, 0.717) is 12.8 Å². The third-order valence-corrected chi connectivity index (χ3v) is 5.46. The number of imide groups is 1. The lowest BCUT2D eigenvalue weighted by Crippen LogP contribution is -2.47. The maximum atomic E-state index is 12.6. The Morgan fingerprint density at radius 1 is 1.28 bits per heavy atom. The summed E-state index contributed by atoms with van der Waals surface area (Å²) in [4.78, 5) is 38.3. The van der Waals surface area contributed by atoms with Crippen LogP contribution in [0.25, 0.3) is 0 Å². The molecule has 0 spiro atoms. The second-order valence-corrected chi connectivity index (χ2v) is 6.82. The van der Waals surface area contributed by atoms with E-state index in [1.807, 2.05) is 32.0 Å². The largest absolute Gasteiger partial charge is 0.348 e. The van der Waals surface area contributed by atoms with Gasteiger partial charge in [-0.2, -0.15) is 0 Å². The molecule has 1 aliphatic heterocycles. The van der Waals surface area contributed by atoms with Gasteiger partial charge >= 0.3 is 6.03 Å². The van der Waals surface area contributed by atoms with Gasteiger partial charge in [-0.05, 0) is 43.2 Å². The molecule has 6 heteroatoms. The van der Waals surface area contributed by atoms with Crippen LogP contribution in [-0.2, 0) is 16.0 Å². The van der Waals surface area contributed by atoms with Crippen LogP contribution in [0.15, 0.2) is 24.3 Å². The van der Waals surface area contributed by atoms with Gasteiger partial charge in [0.1, 0.15) is 12.1 Å². The van der Waals surface area contributed by atoms with Crippen molar-refractivity contribution in [2.24, 2.45) is 0 Å². The number of urea groups is 1. The van der Waals surface area contributed by atoms with E-state index in [4.69, 9.17) is 0 Å². The number of nitrogens with one attached hydrogen (secondary N) is 2. The Bertz CT molecular complexity index is 697. The Balaban J connectivity index is 1.68. The van der Waals surface area contributed by atoms with Crippen LogP contribution in [0, 0.1) is 0 Å². The highest BCUT2D eigenvalue weighted by Crippen LogP contribution is 2.29. The van der Waals surface area contributed by atoms with Crippen molar-refractivity contribution in [2.45, 2.75) is 57.5 Å². The van der Waals surface area contributed by atoms with Crippen molar-refractivity contribution in [2.75, 3.05) is 6.54 Å². The van der Waals surface area contributed by atoms with Gasteiger partial charge in [0.05, 0.1) is 6.04 Å². The lowest BCUT2D eigenvalue weighted by atomic mass is 9.88. The predicted molar refractivity (Wildman–Crippen MR) is 93.8 cm³/mol. The topological polar surface area (TPSA) is 78.5 Å². The number of hydrogen-bond donors (Lipinski definition) is 2. The van der Waals surface area contributed by atoms with Crippen molar-refractivity contribution in [3.05, 3.63) is 35.4 Å². The van der Waals surface area contributed by atoms with E-state index in [1.54, 1.807) is 0 Å². The van der Waals surface area contributed by atoms with Gasteiger partial charge in [-0.15, -0.1) is 0 Å². The molecule has 134 valence electrons. The Labute approximate surface area is 148 Å². The molecular formula is C19H25N3O3. The SMILES string of the molecule is CCC1(CC)NC(=O)N(CC(=O)N[C@@H]2CCCc3ccccc32)C1=O. The molecule has 1 saturated heterocycles. The summed E-state index contributed by atoms with van der Waals surface area (Å²) in [6.07, 6.45) is 3.94. The molecule has 0 unspecified atom stereocenters. The first-order valence-electron chi connectivity index (χ1n) is 9.02. The molecule has 1 aromatic rings. The zero-order valence-electron chi connectivity index (χ0n) is 14.8. The highest BCUT2D eigenvalue weighted by atomic mass is 16.2. The van der Waals surface area contributed by atoms with Crippen LogP contribution in [-0.4, -0.2) is 34.8 Å². The van der Waals surface area contributed by atoms with Gasteiger partial charge in [0, 0.05) is 0 Å². The van der Waals surface area contributed by atoms with Gasteiger partial charge in [0.25, 0.3) is 5.91 Å². The van der Waals surface area contributed by atoms with Crippen molar-refractivity contribution in [3.8, 4) is 0 Å². The van der Waals surface area contributed by atoms with Crippen molar-refractivity contribution >= 4 is 17.8 Å². The van der Waals surface area contributed by atoms with Crippen molar-refractivity contribution in [1.29, 1.82) is 0 Å². The number of rotatable bonds is 5. The number of carbonyl (C=O) groups excluding carboxylic acids is 3. The average molecular weight is 343 g/mol. The monoisotopic (exact) mass is 343 g/mol. The Morgan fingerprint density at radius 3 is 2.68 bits per heavy atom. The Hall–Kier alpha value is -2.37. The summed E-state index contributed by atoms with van der Waals surface area (Å²) in [7, 11) is 0. The molecule has 1 aromatic carbocycles. The van der Waals surface area contributed by atoms with Gasteiger partial charge in [-0.1, -0.05) is 38.1 Å². The second kappa shape index (κ2) is 6.86. The highest BCUT2D eigenvalue weighted by molar-refractivity contribution is 6.09. The first kappa shape index (κ1) is 17.5. The lowest BCUT2D eigenvalue weighted by molar-refractivity contribution is -0.135. The average Bonchev–Trinajstić information content (AvgIpc) is 2.86. The van der Waals surface area contributed by atoms with Crippen molar-refractivity contribution in [1.82, 2.24) is 15.5 Å². The van der Waals surface area contributed by atoms with E-state index < -0.39 is 11.6 Å². The van der Waals surface area contributed by atoms with Gasteiger partial charge in [-0.25, -0.2) is 4.79 Å². The normalized spacial score (nSPS) is 21.7. The number of fused-ring (bicyclic) bond motifs is 1. The van der Waals surface area contributed by atoms with Gasteiger partial charge in [0.15, 0.2) is 0 Å². The summed E-state index contributed by atoms with van der Waals surface area (Å²) in [5, 5.41) is 5.74. The number of benzene rings is 1. The highest BCUT2D eigenvalue weighted by Gasteiger charge is 2.49. The van der Waals surface area contributed by atoms with Crippen LogP contribution in [0.1, 0.15) is 56.7 Å². The summed E-state index contributed by atoms with van der Waals surface area (Å²) in [5.74, 6) is -0.602. The predicted octanol–water partition coefficient (Wildman–Crippen LogP) is 2.29. The fourth-order valence-corrected chi connectivity index (χ4v) is 3.84. The van der Waals surface area contributed by atoms with E-state index >= 15 is 0 Å². The molecule has 3 rings (SSSR count). The molecule has 2 N–H and O–H groups in total. The van der Waals surface area contributed by atoms with Crippen LogP contribution >= 0.6 is 0 Å². The first-order valence-corrected chi connectivity index (χ1v) is 9.02. The van der Waals surface area contributed by atoms with Gasteiger partial charge < -0.3 is 10.6 Å². The van der Waals surface area contributed by atoms with Crippen LogP contribution in [0.2, 0.25) is 0 Å². The van der Waals surface area contributed by atoms with E-state index in [2.05, 4.69) is 16.7 Å². The third kappa shape index (κ3) is 3.13. The number of nitrogens with zero attached hydrogens (tertiary/aromatic N) is 1. The summed E-state index contributed by atoms with van der Waals surface area (Å²) in [5.41, 5.74) is 1.52. The zero-order chi connectivity index (χ0) is 18.0. The molecule has 0 bridgehead atoms. The number of carbonyl (C=O) groups is 3. The zero-order valence-corrected chi connectivity index (χ0v) is 14.8. The molecule has 1 heterocycles. The minimum absolute atomic E-state index is 0.0553. The standard InChI is InChI=1S/C19H25N3O3/c1-3-19(4-2)17(24)22(18(25)21-19)12-16(23)20-15-11-7-9-13-8-5-6-10-14(13)15/h5-6,8,10,15H,3-4,7,9,11-12H2,1-2H3,(H,20,23)(H,21,25)/t15-/m1/s1. The van der Waals surface area contributed by atoms with Crippen molar-refractivity contribution in [3.63, 3.8) is 0 Å². The first-order chi connectivity index (χ1) is 12.0. The fraction of sp³-hybridized carbons (Fsp3) is 0.526. The Morgan fingerprint density at radius 2 is 2.00 bits per heavy atom. The molecule has 1 fully saturated rings. The van der Waals surface area contributed by atoms with Gasteiger partial charge in [0.2, 0.25) is 5.91 Å². The number of amides is 4. The van der Waals surface area contributed by atoms with Crippen LogP contribution in [0.4, 0.5) is 4.79 Å². The summed E-state index contributed by atoms with van der Waals surface area (Å²) in [6, 6.07) is 7.56. The van der Waals surface area contributed by atoms with E-state index in [9.17, 15) is 14.4 Å². The second-order valence-electron chi connectivity index (χ2n) is 6.82. The molecule has 25 heavy (non-hydrogen) atoms. The molecule has 1 atom stereocenters. The molecule has 0 radical (unpaired) electrons. The molecular weight excluding hydrogens is 318 g/mol. The van der Waals surface area contributed by atoms with Gasteiger partial charge in [-0.3, -0.25) is 14.5 Å². The van der Waals surface area contributed by atoms with Crippen LogP contribution < -0.4 is 10.6 Å². The van der Waals surface area contributed by atoms with E-state index in [1.165, 1.54) is 5.56 Å². The minimum atomic E-state index is -0.866. The maximum Gasteiger partial charge on any atom is 0.325 e. The Kier molecular flexibility index (Phi) is 4.79. The molecule has 6 nitrogen and oxygen atoms in total. The fourth-order valence-electron chi connectivity index (χ4n) is 3.84. The van der Waals surface area contributed by atoms with Crippen LogP contribution in [0.5, 0.6) is 0 Å². The number of hydrogen-bond acceptors (Lipinski definition) is 3. The molecule has 1 aliphatic carbocycles. The quantitative estimate of drug-likeness (QED) is 0.805. The third-order valence-electron chi connectivity index (χ3n) is 5.46. The molecule has 0 aromatic heterocycles. The van der Waals surface area contributed by atoms with E-state index in [0.717, 1.165) is 29.7 Å². The smallest absolute Gasteiger partial charge is 0.325 e. The van der Waals surface area contributed by atoms with Crippen molar-refractivity contribution < 1.29 is 14.4 Å². The lowest BCUT2D eigenvalue weighted by Gasteiger charge is -2.27. The minimum Gasteiger partial charge on any atom is -0.348 e. The van der Waals surface area contributed by atoms with E-state index in [-0.39, 0.29) is 24.4 Å². The summed E-state index contributed by atoms with van der Waals surface area (Å²) in [6.45, 7) is 3.50. The molecule has 4 amide bonds. The van der Waals surface area contributed by atoms with Crippen LogP contribution in [0.3, 0.4) is 0 Å².